The van der Waals surface area contributed by atoms with Crippen LogP contribution >= 0.6 is 11.3 Å². The smallest absolute Gasteiger partial charge is 0.254 e. The molecule has 0 saturated carbocycles. The molecule has 1 aromatic carbocycles. The topological polar surface area (TPSA) is 64.8 Å². The molecule has 1 amide bonds. The summed E-state index contributed by atoms with van der Waals surface area (Å²) in [6, 6.07) is 4.04. The SMILES string of the molecule is CCN(CC)C(=O)c1cscc1[C@@H]1c2cc(OC)c(OC)cc2CC[C@H]1N. The number of nitrogens with zero attached hydrogens (tertiary/aromatic N) is 1. The molecule has 2 aromatic rings. The largest absolute Gasteiger partial charge is 0.493 e. The number of benzene rings is 1. The Kier molecular flexibility index (Phi) is 6.07. The Morgan fingerprint density at radius 1 is 1.15 bits per heavy atom. The summed E-state index contributed by atoms with van der Waals surface area (Å²) < 4.78 is 11.0. The number of amides is 1. The van der Waals surface area contributed by atoms with Gasteiger partial charge in [-0.2, -0.15) is 11.3 Å². The molecule has 146 valence electrons. The van der Waals surface area contributed by atoms with Crippen LogP contribution in [-0.2, 0) is 6.42 Å². The van der Waals surface area contributed by atoms with E-state index in [0.29, 0.717) is 18.8 Å². The fourth-order valence-corrected chi connectivity index (χ4v) is 4.82. The van der Waals surface area contributed by atoms with Crippen molar-refractivity contribution in [1.29, 1.82) is 0 Å². The maximum absolute atomic E-state index is 13.0. The van der Waals surface area contributed by atoms with Crippen molar-refractivity contribution in [3.63, 3.8) is 0 Å². The number of fused-ring (bicyclic) bond motifs is 1. The predicted molar refractivity (Wildman–Crippen MR) is 109 cm³/mol. The molecule has 0 unspecified atom stereocenters. The van der Waals surface area contributed by atoms with E-state index in [4.69, 9.17) is 15.2 Å². The molecule has 0 spiro atoms. The highest BCUT2D eigenvalue weighted by Crippen LogP contribution is 2.43. The van der Waals surface area contributed by atoms with Crippen LogP contribution in [0.4, 0.5) is 0 Å². The summed E-state index contributed by atoms with van der Waals surface area (Å²) in [5.74, 6) is 1.49. The zero-order valence-electron chi connectivity index (χ0n) is 16.5. The van der Waals surface area contributed by atoms with E-state index in [1.807, 2.05) is 36.3 Å². The summed E-state index contributed by atoms with van der Waals surface area (Å²) >= 11 is 1.56. The minimum absolute atomic E-state index is 0.0191. The average molecular weight is 389 g/mol. The van der Waals surface area contributed by atoms with Gasteiger partial charge in [-0.25, -0.2) is 0 Å². The van der Waals surface area contributed by atoms with Gasteiger partial charge in [0.25, 0.3) is 5.91 Å². The summed E-state index contributed by atoms with van der Waals surface area (Å²) in [6.45, 7) is 5.41. The normalized spacial score (nSPS) is 18.7. The van der Waals surface area contributed by atoms with Gasteiger partial charge < -0.3 is 20.1 Å². The van der Waals surface area contributed by atoms with Gasteiger partial charge in [-0.1, -0.05) is 0 Å². The zero-order valence-corrected chi connectivity index (χ0v) is 17.3. The summed E-state index contributed by atoms with van der Waals surface area (Å²) in [6.07, 6.45) is 1.78. The summed E-state index contributed by atoms with van der Waals surface area (Å²) in [7, 11) is 3.29. The molecule has 0 bridgehead atoms. The Morgan fingerprint density at radius 2 is 1.81 bits per heavy atom. The molecule has 1 aliphatic carbocycles. The molecule has 6 heteroatoms. The van der Waals surface area contributed by atoms with Gasteiger partial charge in [-0.05, 0) is 60.9 Å². The summed E-state index contributed by atoms with van der Waals surface area (Å²) in [4.78, 5) is 14.9. The summed E-state index contributed by atoms with van der Waals surface area (Å²) in [5.41, 5.74) is 10.7. The first kappa shape index (κ1) is 19.7. The Balaban J connectivity index is 2.09. The first-order valence-electron chi connectivity index (χ1n) is 9.41. The first-order chi connectivity index (χ1) is 13.0. The van der Waals surface area contributed by atoms with Gasteiger partial charge >= 0.3 is 0 Å². The van der Waals surface area contributed by atoms with Crippen molar-refractivity contribution in [2.45, 2.75) is 38.6 Å². The van der Waals surface area contributed by atoms with E-state index >= 15 is 0 Å². The second-order valence-corrected chi connectivity index (χ2v) is 7.55. The Morgan fingerprint density at radius 3 is 2.44 bits per heavy atom. The summed E-state index contributed by atoms with van der Waals surface area (Å²) in [5, 5.41) is 4.03. The van der Waals surface area contributed by atoms with Crippen LogP contribution in [0.25, 0.3) is 0 Å². The van der Waals surface area contributed by atoms with E-state index in [1.54, 1.807) is 25.6 Å². The van der Waals surface area contributed by atoms with Gasteiger partial charge in [0.05, 0.1) is 19.8 Å². The van der Waals surface area contributed by atoms with E-state index in [1.165, 1.54) is 5.56 Å². The van der Waals surface area contributed by atoms with Crippen LogP contribution in [0, 0.1) is 0 Å². The molecule has 0 saturated heterocycles. The lowest BCUT2D eigenvalue weighted by Gasteiger charge is -2.33. The van der Waals surface area contributed by atoms with E-state index < -0.39 is 0 Å². The zero-order chi connectivity index (χ0) is 19.6. The van der Waals surface area contributed by atoms with Gasteiger partial charge in [-0.3, -0.25) is 4.79 Å². The number of rotatable bonds is 6. The van der Waals surface area contributed by atoms with E-state index in [9.17, 15) is 4.79 Å². The predicted octanol–water partition coefficient (Wildman–Crippen LogP) is 3.65. The van der Waals surface area contributed by atoms with Crippen LogP contribution in [-0.4, -0.2) is 44.2 Å². The lowest BCUT2D eigenvalue weighted by Crippen LogP contribution is -2.36. The van der Waals surface area contributed by atoms with E-state index in [-0.39, 0.29) is 17.9 Å². The average Bonchev–Trinajstić information content (AvgIpc) is 3.16. The highest BCUT2D eigenvalue weighted by Gasteiger charge is 2.33. The third-order valence-corrected chi connectivity index (χ3v) is 6.23. The van der Waals surface area contributed by atoms with Crippen LogP contribution in [0.5, 0.6) is 11.5 Å². The van der Waals surface area contributed by atoms with Crippen molar-refractivity contribution in [2.75, 3.05) is 27.3 Å². The fourth-order valence-electron chi connectivity index (χ4n) is 3.96. The lowest BCUT2D eigenvalue weighted by atomic mass is 9.75. The van der Waals surface area contributed by atoms with Crippen LogP contribution in [0.2, 0.25) is 0 Å². The number of aryl methyl sites for hydroxylation is 1. The standard InChI is InChI=1S/C21H28N2O3S/c1-5-23(6-2)21(24)16-12-27-11-15(16)20-14-10-19(26-4)18(25-3)9-13(14)7-8-17(20)22/h9-12,17,20H,5-8,22H2,1-4H3/t17-,20+/m1/s1. The Hall–Kier alpha value is -2.05. The third kappa shape index (κ3) is 3.56. The molecule has 0 fully saturated rings. The molecule has 5 nitrogen and oxygen atoms in total. The molecule has 1 aromatic heterocycles. The lowest BCUT2D eigenvalue weighted by molar-refractivity contribution is 0.0772. The van der Waals surface area contributed by atoms with Crippen LogP contribution < -0.4 is 15.2 Å². The maximum Gasteiger partial charge on any atom is 0.254 e. The minimum Gasteiger partial charge on any atom is -0.493 e. The molecule has 0 aliphatic heterocycles. The van der Waals surface area contributed by atoms with Crippen molar-refractivity contribution in [1.82, 2.24) is 4.90 Å². The molecule has 2 N–H and O–H groups in total. The quantitative estimate of drug-likeness (QED) is 0.820. The molecule has 1 heterocycles. The first-order valence-corrected chi connectivity index (χ1v) is 10.4. The number of carbonyl (C=O) groups is 1. The van der Waals surface area contributed by atoms with Gasteiger partial charge in [-0.15, -0.1) is 0 Å². The number of hydrogen-bond donors (Lipinski definition) is 1. The van der Waals surface area contributed by atoms with Gasteiger partial charge in [0, 0.05) is 30.4 Å². The second kappa shape index (κ2) is 8.31. The molecular formula is C21H28N2O3S. The van der Waals surface area contributed by atoms with E-state index in [2.05, 4.69) is 5.38 Å². The highest BCUT2D eigenvalue weighted by atomic mass is 32.1. The highest BCUT2D eigenvalue weighted by molar-refractivity contribution is 7.08. The molecule has 2 atom stereocenters. The van der Waals surface area contributed by atoms with Crippen molar-refractivity contribution < 1.29 is 14.3 Å². The molecule has 0 radical (unpaired) electrons. The van der Waals surface area contributed by atoms with E-state index in [0.717, 1.165) is 35.3 Å². The number of ether oxygens (including phenoxy) is 2. The molecule has 3 rings (SSSR count). The van der Waals surface area contributed by atoms with Crippen molar-refractivity contribution in [2.24, 2.45) is 5.73 Å². The Bertz CT molecular complexity index is 814. The van der Waals surface area contributed by atoms with Gasteiger partial charge in [0.15, 0.2) is 11.5 Å². The number of thiophene rings is 1. The maximum atomic E-state index is 13.0. The molecule has 1 aliphatic rings. The third-order valence-electron chi connectivity index (χ3n) is 5.46. The molecular weight excluding hydrogens is 360 g/mol. The number of hydrogen-bond acceptors (Lipinski definition) is 5. The number of methoxy groups -OCH3 is 2. The van der Waals surface area contributed by atoms with Crippen LogP contribution in [0.15, 0.2) is 22.9 Å². The minimum atomic E-state index is -0.0338. The fraction of sp³-hybridized carbons (Fsp3) is 0.476. The van der Waals surface area contributed by atoms with Gasteiger partial charge in [0.1, 0.15) is 0 Å². The number of nitrogens with two attached hydrogens (primary N) is 1. The monoisotopic (exact) mass is 388 g/mol. The van der Waals surface area contributed by atoms with Crippen molar-refractivity contribution in [3.8, 4) is 11.5 Å². The van der Waals surface area contributed by atoms with Crippen molar-refractivity contribution >= 4 is 17.2 Å². The molecule has 27 heavy (non-hydrogen) atoms. The van der Waals surface area contributed by atoms with Crippen LogP contribution in [0.1, 0.15) is 53.2 Å². The van der Waals surface area contributed by atoms with Gasteiger partial charge in [0.2, 0.25) is 0 Å². The van der Waals surface area contributed by atoms with Crippen LogP contribution in [0.3, 0.4) is 0 Å². The Labute approximate surface area is 165 Å². The number of carbonyl (C=O) groups excluding carboxylic acids is 1. The second-order valence-electron chi connectivity index (χ2n) is 6.80. The van der Waals surface area contributed by atoms with Crippen molar-refractivity contribution in [3.05, 3.63) is 45.1 Å².